The van der Waals surface area contributed by atoms with E-state index in [1.54, 1.807) is 31.3 Å². The van der Waals surface area contributed by atoms with Crippen LogP contribution in [0.1, 0.15) is 36.8 Å². The lowest BCUT2D eigenvalue weighted by molar-refractivity contribution is -0.143. The van der Waals surface area contributed by atoms with E-state index in [0.29, 0.717) is 23.7 Å². The van der Waals surface area contributed by atoms with E-state index in [1.807, 2.05) is 66.7 Å². The molecule has 1 N–H and O–H groups in total. The molecule has 1 saturated carbocycles. The van der Waals surface area contributed by atoms with Crippen molar-refractivity contribution in [3.05, 3.63) is 90.0 Å². The molecule has 0 spiro atoms. The third kappa shape index (κ3) is 7.28. The Kier molecular flexibility index (Phi) is 9.62. The second-order valence-corrected chi connectivity index (χ2v) is 9.51. The van der Waals surface area contributed by atoms with E-state index in [-0.39, 0.29) is 31.0 Å². The number of carbonyl (C=O) groups excluding carboxylic acids is 2. The van der Waals surface area contributed by atoms with E-state index in [0.717, 1.165) is 36.8 Å². The Bertz CT molecular complexity index is 1190. The maximum atomic E-state index is 13.8. The van der Waals surface area contributed by atoms with Crippen molar-refractivity contribution in [2.24, 2.45) is 0 Å². The molecule has 1 aliphatic rings. The first-order valence-corrected chi connectivity index (χ1v) is 13.1. The summed E-state index contributed by atoms with van der Waals surface area (Å²) < 4.78 is 16.7. The molecule has 3 aromatic carbocycles. The summed E-state index contributed by atoms with van der Waals surface area (Å²) >= 11 is 0. The SMILES string of the molecule is COc1cccc(CN(C(=O)COc2ccccc2OC)[C@H](Cc2ccccc2)C(=O)NC2CCCC2)c1. The third-order valence-electron chi connectivity index (χ3n) is 6.88. The van der Waals surface area contributed by atoms with Gasteiger partial charge >= 0.3 is 0 Å². The summed E-state index contributed by atoms with van der Waals surface area (Å²) in [6.07, 6.45) is 4.53. The number of ether oxygens (including phenoxy) is 3. The zero-order valence-corrected chi connectivity index (χ0v) is 22.1. The van der Waals surface area contributed by atoms with Crippen molar-refractivity contribution < 1.29 is 23.8 Å². The number of nitrogens with one attached hydrogen (secondary N) is 1. The van der Waals surface area contributed by atoms with Crippen LogP contribution in [-0.2, 0) is 22.6 Å². The van der Waals surface area contributed by atoms with Crippen molar-refractivity contribution >= 4 is 11.8 Å². The van der Waals surface area contributed by atoms with Gasteiger partial charge in [0, 0.05) is 19.0 Å². The number of hydrogen-bond donors (Lipinski definition) is 1. The number of benzene rings is 3. The molecule has 1 fully saturated rings. The molecule has 1 aliphatic carbocycles. The van der Waals surface area contributed by atoms with Crippen molar-refractivity contribution in [3.63, 3.8) is 0 Å². The summed E-state index contributed by atoms with van der Waals surface area (Å²) in [6.45, 7) is 0.00719. The predicted molar refractivity (Wildman–Crippen MR) is 146 cm³/mol. The van der Waals surface area contributed by atoms with Crippen LogP contribution in [0.15, 0.2) is 78.9 Å². The second kappa shape index (κ2) is 13.5. The third-order valence-corrected chi connectivity index (χ3v) is 6.88. The molecule has 1 atom stereocenters. The molecule has 0 bridgehead atoms. The largest absolute Gasteiger partial charge is 0.497 e. The molecule has 3 aromatic rings. The first kappa shape index (κ1) is 27.0. The highest BCUT2D eigenvalue weighted by Gasteiger charge is 2.32. The lowest BCUT2D eigenvalue weighted by Gasteiger charge is -2.32. The maximum absolute atomic E-state index is 13.8. The van der Waals surface area contributed by atoms with Crippen molar-refractivity contribution in [2.75, 3.05) is 20.8 Å². The highest BCUT2D eigenvalue weighted by molar-refractivity contribution is 5.88. The standard InChI is InChI=1S/C31H36N2O5/c1-36-26-16-10-13-24(19-26)21-33(30(34)22-38-29-18-9-8-17-28(29)37-2)27(20-23-11-4-3-5-12-23)31(35)32-25-14-6-7-15-25/h3-5,8-13,16-19,25,27H,6-7,14-15,20-22H2,1-2H3,(H,32,35)/t27-/m1/s1. The fraction of sp³-hybridized carbons (Fsp3) is 0.355. The Labute approximate surface area is 224 Å². The minimum Gasteiger partial charge on any atom is -0.497 e. The first-order chi connectivity index (χ1) is 18.6. The summed E-state index contributed by atoms with van der Waals surface area (Å²) in [5.74, 6) is 1.27. The normalized spacial score (nSPS) is 13.9. The van der Waals surface area contributed by atoms with Crippen LogP contribution in [-0.4, -0.2) is 49.6 Å². The molecule has 7 nitrogen and oxygen atoms in total. The zero-order valence-electron chi connectivity index (χ0n) is 22.1. The van der Waals surface area contributed by atoms with Crippen LogP contribution in [0.25, 0.3) is 0 Å². The van der Waals surface area contributed by atoms with Gasteiger partial charge in [-0.25, -0.2) is 0 Å². The van der Waals surface area contributed by atoms with Gasteiger partial charge in [-0.3, -0.25) is 9.59 Å². The molecule has 0 aromatic heterocycles. The molecule has 0 unspecified atom stereocenters. The van der Waals surface area contributed by atoms with E-state index < -0.39 is 6.04 Å². The number of hydrogen-bond acceptors (Lipinski definition) is 5. The fourth-order valence-electron chi connectivity index (χ4n) is 4.85. The highest BCUT2D eigenvalue weighted by atomic mass is 16.5. The van der Waals surface area contributed by atoms with Gasteiger partial charge in [0.05, 0.1) is 14.2 Å². The van der Waals surface area contributed by atoms with Gasteiger partial charge in [-0.2, -0.15) is 0 Å². The summed E-state index contributed by atoms with van der Waals surface area (Å²) in [7, 11) is 3.17. The van der Waals surface area contributed by atoms with Crippen LogP contribution in [0.3, 0.4) is 0 Å². The second-order valence-electron chi connectivity index (χ2n) is 9.51. The molecule has 200 valence electrons. The van der Waals surface area contributed by atoms with E-state index in [1.165, 1.54) is 0 Å². The van der Waals surface area contributed by atoms with Gasteiger partial charge in [-0.15, -0.1) is 0 Å². The zero-order chi connectivity index (χ0) is 26.7. The predicted octanol–water partition coefficient (Wildman–Crippen LogP) is 4.78. The molecular weight excluding hydrogens is 480 g/mol. The highest BCUT2D eigenvalue weighted by Crippen LogP contribution is 2.26. The minimum absolute atomic E-state index is 0.138. The maximum Gasteiger partial charge on any atom is 0.261 e. The van der Waals surface area contributed by atoms with Crippen molar-refractivity contribution in [3.8, 4) is 17.2 Å². The van der Waals surface area contributed by atoms with E-state index >= 15 is 0 Å². The summed E-state index contributed by atoms with van der Waals surface area (Å²) in [5.41, 5.74) is 1.84. The summed E-state index contributed by atoms with van der Waals surface area (Å²) in [4.78, 5) is 29.2. The van der Waals surface area contributed by atoms with Gasteiger partial charge in [0.15, 0.2) is 18.1 Å². The molecule has 0 aliphatic heterocycles. The Morgan fingerprint density at radius 2 is 1.55 bits per heavy atom. The molecule has 0 radical (unpaired) electrons. The van der Waals surface area contributed by atoms with Gasteiger partial charge in [0.2, 0.25) is 5.91 Å². The fourth-order valence-corrected chi connectivity index (χ4v) is 4.85. The van der Waals surface area contributed by atoms with Crippen LogP contribution in [0.2, 0.25) is 0 Å². The van der Waals surface area contributed by atoms with Crippen LogP contribution in [0, 0.1) is 0 Å². The number of carbonyl (C=O) groups is 2. The average molecular weight is 517 g/mol. The quantitative estimate of drug-likeness (QED) is 0.375. The number of amides is 2. The monoisotopic (exact) mass is 516 g/mol. The first-order valence-electron chi connectivity index (χ1n) is 13.1. The van der Waals surface area contributed by atoms with Crippen LogP contribution in [0.4, 0.5) is 0 Å². The summed E-state index contributed by atoms with van der Waals surface area (Å²) in [6, 6.07) is 24.0. The van der Waals surface area contributed by atoms with Crippen LogP contribution >= 0.6 is 0 Å². The van der Waals surface area contributed by atoms with Gasteiger partial charge < -0.3 is 24.4 Å². The number of methoxy groups -OCH3 is 2. The Balaban J connectivity index is 1.63. The van der Waals surface area contributed by atoms with E-state index in [9.17, 15) is 9.59 Å². The minimum atomic E-state index is -0.710. The van der Waals surface area contributed by atoms with Crippen molar-refractivity contribution in [1.82, 2.24) is 10.2 Å². The van der Waals surface area contributed by atoms with E-state index in [2.05, 4.69) is 5.32 Å². The van der Waals surface area contributed by atoms with Crippen LogP contribution < -0.4 is 19.5 Å². The Hall–Kier alpha value is -4.00. The van der Waals surface area contributed by atoms with Crippen molar-refractivity contribution in [2.45, 2.75) is 50.7 Å². The molecule has 0 saturated heterocycles. The van der Waals surface area contributed by atoms with Gasteiger partial charge in [-0.05, 0) is 48.2 Å². The molecule has 38 heavy (non-hydrogen) atoms. The number of rotatable bonds is 12. The number of nitrogens with zero attached hydrogens (tertiary/aromatic N) is 1. The Morgan fingerprint density at radius 3 is 2.26 bits per heavy atom. The number of para-hydroxylation sites is 2. The molecule has 7 heteroatoms. The van der Waals surface area contributed by atoms with Gasteiger partial charge in [-0.1, -0.05) is 67.4 Å². The molecule has 2 amide bonds. The molecule has 4 rings (SSSR count). The van der Waals surface area contributed by atoms with Crippen LogP contribution in [0.5, 0.6) is 17.2 Å². The lowest BCUT2D eigenvalue weighted by atomic mass is 10.0. The molecular formula is C31H36N2O5. The van der Waals surface area contributed by atoms with Gasteiger partial charge in [0.25, 0.3) is 5.91 Å². The lowest BCUT2D eigenvalue weighted by Crippen LogP contribution is -2.53. The van der Waals surface area contributed by atoms with E-state index in [4.69, 9.17) is 14.2 Å². The summed E-state index contributed by atoms with van der Waals surface area (Å²) in [5, 5.41) is 3.22. The topological polar surface area (TPSA) is 77.1 Å². The van der Waals surface area contributed by atoms with Crippen molar-refractivity contribution in [1.29, 1.82) is 0 Å². The van der Waals surface area contributed by atoms with Gasteiger partial charge in [0.1, 0.15) is 11.8 Å². The molecule has 0 heterocycles. The Morgan fingerprint density at radius 1 is 0.868 bits per heavy atom. The smallest absolute Gasteiger partial charge is 0.261 e. The average Bonchev–Trinajstić information content (AvgIpc) is 3.47.